The van der Waals surface area contributed by atoms with Gasteiger partial charge in [-0.3, -0.25) is 13.8 Å². The molecule has 0 aromatic heterocycles. The summed E-state index contributed by atoms with van der Waals surface area (Å²) in [6, 6.07) is 9.06. The van der Waals surface area contributed by atoms with Crippen molar-refractivity contribution in [3.05, 3.63) is 35.9 Å². The largest absolute Gasteiger partial charge is 0.480 e. The molecule has 98 valence electrons. The maximum absolute atomic E-state index is 11.4. The Morgan fingerprint density at radius 1 is 1.33 bits per heavy atom. The van der Waals surface area contributed by atoms with Crippen molar-refractivity contribution in [2.45, 2.75) is 18.8 Å². The molecule has 2 atom stereocenters. The van der Waals surface area contributed by atoms with Crippen molar-refractivity contribution in [1.82, 2.24) is 0 Å². The number of esters is 1. The molecule has 1 rings (SSSR count). The number of ether oxygens (including phenoxy) is 1. The van der Waals surface area contributed by atoms with Crippen LogP contribution in [-0.2, 0) is 31.7 Å². The number of carbonyl (C=O) groups is 2. The highest BCUT2D eigenvalue weighted by Crippen LogP contribution is 2.02. The fourth-order valence-electron chi connectivity index (χ4n) is 1.13. The van der Waals surface area contributed by atoms with E-state index in [1.165, 1.54) is 6.92 Å². The van der Waals surface area contributed by atoms with Crippen molar-refractivity contribution in [2.75, 3.05) is 5.75 Å². The highest BCUT2D eigenvalue weighted by atomic mass is 32.2. The Kier molecular flexibility index (Phi) is 5.51. The van der Waals surface area contributed by atoms with E-state index in [0.717, 1.165) is 5.56 Å². The summed E-state index contributed by atoms with van der Waals surface area (Å²) in [7, 11) is -1.76. The van der Waals surface area contributed by atoms with Gasteiger partial charge in [-0.25, -0.2) is 0 Å². The number of hydrogen-bond donors (Lipinski definition) is 1. The van der Waals surface area contributed by atoms with Crippen LogP contribution in [0, 0.1) is 0 Å². The smallest absolute Gasteiger partial charge is 0.318 e. The zero-order valence-electron chi connectivity index (χ0n) is 9.87. The molecule has 2 unspecified atom stereocenters. The van der Waals surface area contributed by atoms with Gasteiger partial charge in [0, 0.05) is 10.8 Å². The average Bonchev–Trinajstić information content (AvgIpc) is 2.36. The highest BCUT2D eigenvalue weighted by molar-refractivity contribution is 7.87. The zero-order valence-corrected chi connectivity index (χ0v) is 10.7. The SMILES string of the molecule is CC(C(=O)O)S(=O)CC(=O)OCc1ccccc1. The van der Waals surface area contributed by atoms with E-state index in [1.807, 2.05) is 18.2 Å². The van der Waals surface area contributed by atoms with Crippen LogP contribution in [0.1, 0.15) is 12.5 Å². The Morgan fingerprint density at radius 2 is 1.94 bits per heavy atom. The van der Waals surface area contributed by atoms with Crippen LogP contribution in [0.2, 0.25) is 0 Å². The molecule has 0 spiro atoms. The van der Waals surface area contributed by atoms with Crippen molar-refractivity contribution in [3.8, 4) is 0 Å². The normalized spacial score (nSPS) is 13.6. The molecule has 6 heteroatoms. The first-order chi connectivity index (χ1) is 8.50. The van der Waals surface area contributed by atoms with Crippen LogP contribution in [0.15, 0.2) is 30.3 Å². The van der Waals surface area contributed by atoms with Gasteiger partial charge in [-0.1, -0.05) is 30.3 Å². The molecule has 0 saturated heterocycles. The molecule has 0 bridgehead atoms. The fourth-order valence-corrected chi connectivity index (χ4v) is 1.92. The fraction of sp³-hybridized carbons (Fsp3) is 0.333. The monoisotopic (exact) mass is 270 g/mol. The van der Waals surface area contributed by atoms with Crippen LogP contribution in [0.3, 0.4) is 0 Å². The molecule has 5 nitrogen and oxygen atoms in total. The van der Waals surface area contributed by atoms with Crippen molar-refractivity contribution < 1.29 is 23.6 Å². The second-order valence-electron chi connectivity index (χ2n) is 3.65. The van der Waals surface area contributed by atoms with Gasteiger partial charge in [0.15, 0.2) is 0 Å². The van der Waals surface area contributed by atoms with Crippen LogP contribution < -0.4 is 0 Å². The van der Waals surface area contributed by atoms with E-state index >= 15 is 0 Å². The third kappa shape index (κ3) is 4.67. The molecule has 0 amide bonds. The molecule has 0 saturated carbocycles. The Hall–Kier alpha value is -1.69. The average molecular weight is 270 g/mol. The number of hydrogen-bond acceptors (Lipinski definition) is 4. The highest BCUT2D eigenvalue weighted by Gasteiger charge is 2.21. The lowest BCUT2D eigenvalue weighted by molar-refractivity contribution is -0.141. The number of rotatable bonds is 6. The van der Waals surface area contributed by atoms with Gasteiger partial charge in [-0.05, 0) is 12.5 Å². The summed E-state index contributed by atoms with van der Waals surface area (Å²) in [6.07, 6.45) is 0. The molecule has 1 N–H and O–H groups in total. The first-order valence-corrected chi connectivity index (χ1v) is 6.68. The second-order valence-corrected chi connectivity index (χ2v) is 5.41. The minimum atomic E-state index is -1.76. The van der Waals surface area contributed by atoms with Crippen molar-refractivity contribution in [1.29, 1.82) is 0 Å². The van der Waals surface area contributed by atoms with Gasteiger partial charge in [0.2, 0.25) is 0 Å². The van der Waals surface area contributed by atoms with Crippen LogP contribution in [-0.4, -0.2) is 32.3 Å². The molecule has 0 aliphatic rings. The standard InChI is InChI=1S/C12H14O5S/c1-9(12(14)15)18(16)8-11(13)17-7-10-5-3-2-4-6-10/h2-6,9H,7-8H2,1H3,(H,14,15). The Bertz CT molecular complexity index is 443. The van der Waals surface area contributed by atoms with Crippen LogP contribution in [0.25, 0.3) is 0 Å². The Morgan fingerprint density at radius 3 is 2.50 bits per heavy atom. The first kappa shape index (κ1) is 14.4. The summed E-state index contributed by atoms with van der Waals surface area (Å²) < 4.78 is 16.3. The molecular weight excluding hydrogens is 256 g/mol. The first-order valence-electron chi connectivity index (χ1n) is 5.30. The molecule has 1 aromatic carbocycles. The number of carboxylic acids is 1. The van der Waals surface area contributed by atoms with E-state index in [0.29, 0.717) is 0 Å². The summed E-state index contributed by atoms with van der Waals surface area (Å²) in [6.45, 7) is 1.39. The lowest BCUT2D eigenvalue weighted by atomic mass is 10.2. The van der Waals surface area contributed by atoms with Gasteiger partial charge >= 0.3 is 11.9 Å². The maximum atomic E-state index is 11.4. The van der Waals surface area contributed by atoms with Gasteiger partial charge in [-0.2, -0.15) is 0 Å². The molecule has 0 fully saturated rings. The molecule has 1 aromatic rings. The molecule has 0 aliphatic carbocycles. The second kappa shape index (κ2) is 6.90. The Labute approximate surface area is 107 Å². The molecule has 0 heterocycles. The van der Waals surface area contributed by atoms with Crippen molar-refractivity contribution in [2.24, 2.45) is 0 Å². The van der Waals surface area contributed by atoms with Gasteiger partial charge < -0.3 is 9.84 Å². The van der Waals surface area contributed by atoms with Gasteiger partial charge in [-0.15, -0.1) is 0 Å². The van der Waals surface area contributed by atoms with Crippen LogP contribution in [0.4, 0.5) is 0 Å². The van der Waals surface area contributed by atoms with E-state index in [-0.39, 0.29) is 6.61 Å². The summed E-state index contributed by atoms with van der Waals surface area (Å²) in [5.74, 6) is -2.25. The molecule has 0 aliphatic heterocycles. The quantitative estimate of drug-likeness (QED) is 0.778. The summed E-state index contributed by atoms with van der Waals surface area (Å²) >= 11 is 0. The third-order valence-corrected chi connectivity index (χ3v) is 3.76. The minimum Gasteiger partial charge on any atom is -0.480 e. The van der Waals surface area contributed by atoms with E-state index in [2.05, 4.69) is 0 Å². The summed E-state index contributed by atoms with van der Waals surface area (Å²) in [5.41, 5.74) is 0.822. The predicted molar refractivity (Wildman–Crippen MR) is 66.3 cm³/mol. The van der Waals surface area contributed by atoms with E-state index in [4.69, 9.17) is 9.84 Å². The maximum Gasteiger partial charge on any atom is 0.318 e. The Balaban J connectivity index is 2.39. The minimum absolute atomic E-state index is 0.0956. The van der Waals surface area contributed by atoms with E-state index in [1.54, 1.807) is 12.1 Å². The zero-order chi connectivity index (χ0) is 13.5. The number of benzene rings is 1. The van der Waals surface area contributed by atoms with Crippen molar-refractivity contribution in [3.63, 3.8) is 0 Å². The van der Waals surface area contributed by atoms with Crippen LogP contribution in [0.5, 0.6) is 0 Å². The van der Waals surface area contributed by atoms with Gasteiger partial charge in [0.25, 0.3) is 0 Å². The number of carbonyl (C=O) groups excluding carboxylic acids is 1. The molecular formula is C12H14O5S. The predicted octanol–water partition coefficient (Wildman–Crippen LogP) is 0.952. The number of carboxylic acid groups (broad SMARTS) is 1. The van der Waals surface area contributed by atoms with Crippen LogP contribution >= 0.6 is 0 Å². The molecule has 0 radical (unpaired) electrons. The lowest BCUT2D eigenvalue weighted by Crippen LogP contribution is -2.27. The lowest BCUT2D eigenvalue weighted by Gasteiger charge is -2.07. The van der Waals surface area contributed by atoms with E-state index in [9.17, 15) is 13.8 Å². The van der Waals surface area contributed by atoms with Gasteiger partial charge in [0.1, 0.15) is 17.6 Å². The van der Waals surface area contributed by atoms with Crippen molar-refractivity contribution >= 4 is 22.7 Å². The topological polar surface area (TPSA) is 80.7 Å². The molecule has 18 heavy (non-hydrogen) atoms. The third-order valence-electron chi connectivity index (χ3n) is 2.24. The summed E-state index contributed by atoms with van der Waals surface area (Å²) in [4.78, 5) is 21.9. The number of aliphatic carboxylic acids is 1. The summed E-state index contributed by atoms with van der Waals surface area (Å²) in [5, 5.41) is 7.55. The van der Waals surface area contributed by atoms with Gasteiger partial charge in [0.05, 0.1) is 0 Å². The van der Waals surface area contributed by atoms with E-state index < -0.39 is 33.7 Å².